The van der Waals surface area contributed by atoms with Gasteiger partial charge in [-0.05, 0) is 88.9 Å². The molecule has 0 radical (unpaired) electrons. The van der Waals surface area contributed by atoms with Crippen molar-refractivity contribution in [1.29, 1.82) is 0 Å². The summed E-state index contributed by atoms with van der Waals surface area (Å²) in [5.41, 5.74) is 0. The third-order valence-electron chi connectivity index (χ3n) is 9.23. The van der Waals surface area contributed by atoms with Gasteiger partial charge < -0.3 is 16.0 Å². The first-order valence-electron chi connectivity index (χ1n) is 17.7. The molecular weight excluding hydrogens is 624 g/mol. The van der Waals surface area contributed by atoms with Crippen LogP contribution in [0.1, 0.15) is 116 Å². The van der Waals surface area contributed by atoms with Crippen molar-refractivity contribution in [3.05, 3.63) is 0 Å². The molecule has 15 nitrogen and oxygen atoms in total. The number of hydrogen-bond donors (Lipinski definition) is 6. The Balaban J connectivity index is 1.38. The molecule has 2 aliphatic carbocycles. The largest absolute Gasteiger partial charge is 0.356 e. The molecule has 0 heterocycles. The number of hydrogen-bond acceptors (Lipinski definition) is 9. The molecule has 6 amide bonds. The molecule has 0 aromatic heterocycles. The van der Waals surface area contributed by atoms with E-state index in [0.717, 1.165) is 25.2 Å². The van der Waals surface area contributed by atoms with Crippen LogP contribution >= 0.6 is 0 Å². The van der Waals surface area contributed by atoms with Gasteiger partial charge >= 0.3 is 0 Å². The number of hydroxylamine groups is 6. The number of carbonyl (C=O) groups is 6. The summed E-state index contributed by atoms with van der Waals surface area (Å²) in [7, 11) is 0. The van der Waals surface area contributed by atoms with Gasteiger partial charge in [-0.2, -0.15) is 0 Å². The molecule has 0 aliphatic heterocycles. The van der Waals surface area contributed by atoms with Crippen LogP contribution in [0.4, 0.5) is 0 Å². The first-order valence-corrected chi connectivity index (χ1v) is 17.7. The molecule has 0 saturated heterocycles. The molecule has 6 N–H and O–H groups in total. The van der Waals surface area contributed by atoms with Crippen molar-refractivity contribution >= 4 is 35.4 Å². The van der Waals surface area contributed by atoms with Gasteiger partial charge in [0, 0.05) is 77.8 Å². The summed E-state index contributed by atoms with van der Waals surface area (Å²) < 4.78 is 0. The third kappa shape index (κ3) is 16.7. The first-order chi connectivity index (χ1) is 23.0. The fourth-order valence-corrected chi connectivity index (χ4v) is 6.34. The molecule has 0 aromatic rings. The van der Waals surface area contributed by atoms with E-state index < -0.39 is 17.7 Å². The number of carbonyl (C=O) groups excluding carboxylic acids is 6. The van der Waals surface area contributed by atoms with E-state index in [1.54, 1.807) is 0 Å². The minimum absolute atomic E-state index is 0.0407. The van der Waals surface area contributed by atoms with E-state index in [1.807, 2.05) is 0 Å². The van der Waals surface area contributed by atoms with Crippen LogP contribution in [0.25, 0.3) is 0 Å². The summed E-state index contributed by atoms with van der Waals surface area (Å²) in [6.07, 6.45) is 10.2. The van der Waals surface area contributed by atoms with Crippen molar-refractivity contribution in [1.82, 2.24) is 31.1 Å². The van der Waals surface area contributed by atoms with Crippen molar-refractivity contribution < 1.29 is 44.4 Å². The zero-order valence-corrected chi connectivity index (χ0v) is 28.6. The Bertz CT molecular complexity index is 1050. The summed E-state index contributed by atoms with van der Waals surface area (Å²) in [5.74, 6) is -0.449. The molecule has 15 heteroatoms. The number of fused-ring (bicyclic) bond motifs is 2. The smallest absolute Gasteiger partial charge is 0.246 e. The highest BCUT2D eigenvalue weighted by Gasteiger charge is 2.42. The second-order valence-electron chi connectivity index (χ2n) is 13.1. The maximum Gasteiger partial charge on any atom is 0.246 e. The fraction of sp³-hybridized carbons (Fsp3) is 0.818. The quantitative estimate of drug-likeness (QED) is 0.0474. The number of unbranched alkanes of at least 4 members (excludes halogenated alkanes) is 6. The van der Waals surface area contributed by atoms with Crippen LogP contribution in [0.15, 0.2) is 0 Å². The van der Waals surface area contributed by atoms with Gasteiger partial charge in [-0.15, -0.1) is 0 Å². The van der Waals surface area contributed by atoms with Crippen LogP contribution in [-0.2, 0) is 28.8 Å². The van der Waals surface area contributed by atoms with E-state index in [1.165, 1.54) is 26.2 Å². The Labute approximate surface area is 284 Å². The Morgan fingerprint density at radius 1 is 0.562 bits per heavy atom. The summed E-state index contributed by atoms with van der Waals surface area (Å²) in [6.45, 7) is 3.18. The highest BCUT2D eigenvalue weighted by Crippen LogP contribution is 2.48. The van der Waals surface area contributed by atoms with Gasteiger partial charge in [0.2, 0.25) is 35.4 Å². The van der Waals surface area contributed by atoms with Crippen molar-refractivity contribution in [3.8, 4) is 0 Å². The zero-order chi connectivity index (χ0) is 35.3. The average molecular weight is 683 g/mol. The number of amides is 6. The normalized spacial score (nSPS) is 17.9. The molecule has 2 fully saturated rings. The zero-order valence-electron chi connectivity index (χ0n) is 28.6. The lowest BCUT2D eigenvalue weighted by Crippen LogP contribution is -2.34. The van der Waals surface area contributed by atoms with Crippen LogP contribution in [-0.4, -0.2) is 106 Å². The standard InChI is InChI=1S/C33H58N6O9/c1-25(40)37(46)20-8-2-5-17-34-29(41)13-15-31(43)38(47)21-9-3-6-18-35-30(42)14-16-32(44)39(48)22-10-4-7-19-36-33(45)28-24-26-11-12-27(28)23-26/h26-28,46-48H,2-24H2,1H3,(H,34,41)(H,35,42)(H,36,45)/t26-,27-,28-/m0/s1. The van der Waals surface area contributed by atoms with E-state index in [-0.39, 0.29) is 69.0 Å². The van der Waals surface area contributed by atoms with Crippen molar-refractivity contribution in [3.63, 3.8) is 0 Å². The monoisotopic (exact) mass is 682 g/mol. The summed E-state index contributed by atoms with van der Waals surface area (Å²) in [4.78, 5) is 71.5. The molecule has 2 bridgehead atoms. The van der Waals surface area contributed by atoms with Crippen LogP contribution in [0, 0.1) is 17.8 Å². The van der Waals surface area contributed by atoms with Crippen molar-refractivity contribution in [2.45, 2.75) is 116 Å². The summed E-state index contributed by atoms with van der Waals surface area (Å²) in [5, 5.41) is 39.6. The minimum Gasteiger partial charge on any atom is -0.356 e. The highest BCUT2D eigenvalue weighted by atomic mass is 16.5. The highest BCUT2D eigenvalue weighted by molar-refractivity contribution is 5.84. The van der Waals surface area contributed by atoms with Gasteiger partial charge in [0.25, 0.3) is 0 Å². The molecule has 0 aromatic carbocycles. The number of rotatable bonds is 25. The first kappa shape index (κ1) is 40.9. The van der Waals surface area contributed by atoms with Crippen LogP contribution in [0.3, 0.4) is 0 Å². The maximum atomic E-state index is 12.4. The van der Waals surface area contributed by atoms with Gasteiger partial charge in [-0.25, -0.2) is 15.2 Å². The lowest BCUT2D eigenvalue weighted by Gasteiger charge is -2.20. The summed E-state index contributed by atoms with van der Waals surface area (Å²) >= 11 is 0. The maximum absolute atomic E-state index is 12.4. The molecule has 48 heavy (non-hydrogen) atoms. The topological polar surface area (TPSA) is 209 Å². The van der Waals surface area contributed by atoms with Crippen molar-refractivity contribution in [2.24, 2.45) is 17.8 Å². The Morgan fingerprint density at radius 2 is 1.02 bits per heavy atom. The average Bonchev–Trinajstić information content (AvgIpc) is 3.71. The molecule has 2 rings (SSSR count). The Kier molecular flexibility index (Phi) is 19.7. The Morgan fingerprint density at radius 3 is 1.44 bits per heavy atom. The summed E-state index contributed by atoms with van der Waals surface area (Å²) in [6, 6.07) is 0. The van der Waals surface area contributed by atoms with Crippen LogP contribution in [0.5, 0.6) is 0 Å². The molecular formula is C33H58N6O9. The van der Waals surface area contributed by atoms with Gasteiger partial charge in [0.15, 0.2) is 0 Å². The van der Waals surface area contributed by atoms with Crippen molar-refractivity contribution in [2.75, 3.05) is 39.3 Å². The lowest BCUT2D eigenvalue weighted by molar-refractivity contribution is -0.166. The predicted octanol–water partition coefficient (Wildman–Crippen LogP) is 2.52. The van der Waals surface area contributed by atoms with Gasteiger partial charge in [0.05, 0.1) is 0 Å². The minimum atomic E-state index is -0.553. The molecule has 0 unspecified atom stereocenters. The van der Waals surface area contributed by atoms with E-state index in [4.69, 9.17) is 0 Å². The molecule has 0 spiro atoms. The van der Waals surface area contributed by atoms with E-state index >= 15 is 0 Å². The number of nitrogens with one attached hydrogen (secondary N) is 3. The lowest BCUT2D eigenvalue weighted by atomic mass is 9.88. The second kappa shape index (κ2) is 23.1. The van der Waals surface area contributed by atoms with Gasteiger partial charge in [0.1, 0.15) is 0 Å². The third-order valence-corrected chi connectivity index (χ3v) is 9.23. The predicted molar refractivity (Wildman–Crippen MR) is 174 cm³/mol. The molecule has 2 aliphatic rings. The number of nitrogens with zero attached hydrogens (tertiary/aromatic N) is 3. The Hall–Kier alpha value is -3.30. The van der Waals surface area contributed by atoms with Gasteiger partial charge in [-0.1, -0.05) is 6.42 Å². The van der Waals surface area contributed by atoms with E-state index in [0.29, 0.717) is 85.7 Å². The fourth-order valence-electron chi connectivity index (χ4n) is 6.34. The molecule has 3 atom stereocenters. The van der Waals surface area contributed by atoms with Gasteiger partial charge in [-0.3, -0.25) is 44.4 Å². The molecule has 274 valence electrons. The second-order valence-corrected chi connectivity index (χ2v) is 13.1. The molecule has 2 saturated carbocycles. The van der Waals surface area contributed by atoms with Crippen LogP contribution in [0.2, 0.25) is 0 Å². The van der Waals surface area contributed by atoms with Crippen LogP contribution < -0.4 is 16.0 Å². The SMILES string of the molecule is CC(=O)N(O)CCCCCNC(=O)CCC(=O)N(O)CCCCCNC(=O)CCC(=O)N(O)CCCCCNC(=O)[C@H]1C[C@H]2CC[C@H]1C2. The van der Waals surface area contributed by atoms with E-state index in [9.17, 15) is 44.4 Å². The van der Waals surface area contributed by atoms with E-state index in [2.05, 4.69) is 16.0 Å².